The molecule has 14 heavy (non-hydrogen) atoms. The lowest BCUT2D eigenvalue weighted by atomic mass is 9.96. The van der Waals surface area contributed by atoms with E-state index in [-0.39, 0.29) is 0 Å². The van der Waals surface area contributed by atoms with E-state index in [0.29, 0.717) is 5.92 Å². The maximum Gasteiger partial charge on any atom is 0.113 e. The molecule has 1 heterocycles. The fourth-order valence-corrected chi connectivity index (χ4v) is 1.74. The van der Waals surface area contributed by atoms with Gasteiger partial charge in [-0.25, -0.2) is 4.98 Å². The number of aromatic nitrogens is 2. The highest BCUT2D eigenvalue weighted by Gasteiger charge is 2.12. The molecule has 0 bridgehead atoms. The first kappa shape index (κ1) is 9.00. The Kier molecular flexibility index (Phi) is 2.63. The van der Waals surface area contributed by atoms with Crippen LogP contribution >= 0.6 is 0 Å². The monoisotopic (exact) mass is 186 g/mol. The van der Waals surface area contributed by atoms with Crippen LogP contribution < -0.4 is 0 Å². The largest absolute Gasteiger partial charge is 0.348 e. The highest BCUT2D eigenvalue weighted by Crippen LogP contribution is 2.24. The number of benzene rings is 1. The van der Waals surface area contributed by atoms with Crippen molar-refractivity contribution in [1.82, 2.24) is 9.97 Å². The molecule has 0 fully saturated rings. The molecule has 1 aromatic heterocycles. The summed E-state index contributed by atoms with van der Waals surface area (Å²) in [6, 6.07) is 10.5. The second-order valence-electron chi connectivity index (χ2n) is 3.35. The summed E-state index contributed by atoms with van der Waals surface area (Å²) in [6.07, 6.45) is 4.75. The van der Waals surface area contributed by atoms with Crippen LogP contribution in [-0.2, 0) is 0 Å². The van der Waals surface area contributed by atoms with E-state index in [1.165, 1.54) is 5.56 Å². The third-order valence-electron chi connectivity index (χ3n) is 2.46. The number of H-pyrrole nitrogens is 1. The molecular weight excluding hydrogens is 172 g/mol. The van der Waals surface area contributed by atoms with Gasteiger partial charge in [0.1, 0.15) is 5.82 Å². The minimum Gasteiger partial charge on any atom is -0.348 e. The number of aromatic amines is 1. The summed E-state index contributed by atoms with van der Waals surface area (Å²) in [4.78, 5) is 7.48. The summed E-state index contributed by atoms with van der Waals surface area (Å²) in [6.45, 7) is 2.18. The van der Waals surface area contributed by atoms with Gasteiger partial charge in [0.15, 0.2) is 0 Å². The average Bonchev–Trinajstić information content (AvgIpc) is 2.74. The molecule has 2 nitrogen and oxygen atoms in total. The lowest BCUT2D eigenvalue weighted by Crippen LogP contribution is -2.01. The Morgan fingerprint density at radius 2 is 2.07 bits per heavy atom. The van der Waals surface area contributed by atoms with Crippen LogP contribution in [-0.4, -0.2) is 9.97 Å². The standard InChI is InChI=1S/C12H14N2/c1-2-11(12-13-8-9-14-12)10-6-4-3-5-7-10/h3-9,11H,2H2,1H3,(H,13,14). The molecule has 0 saturated heterocycles. The first-order valence-electron chi connectivity index (χ1n) is 4.96. The lowest BCUT2D eigenvalue weighted by molar-refractivity contribution is 0.729. The molecule has 2 heteroatoms. The van der Waals surface area contributed by atoms with Gasteiger partial charge in [0.05, 0.1) is 0 Å². The average molecular weight is 186 g/mol. The van der Waals surface area contributed by atoms with Crippen LogP contribution in [0.1, 0.15) is 30.7 Å². The normalized spacial score (nSPS) is 12.6. The molecule has 0 saturated carbocycles. The summed E-state index contributed by atoms with van der Waals surface area (Å²) in [7, 11) is 0. The summed E-state index contributed by atoms with van der Waals surface area (Å²) >= 11 is 0. The van der Waals surface area contributed by atoms with Crippen molar-refractivity contribution in [3.8, 4) is 0 Å². The van der Waals surface area contributed by atoms with E-state index in [1.807, 2.05) is 12.3 Å². The van der Waals surface area contributed by atoms with E-state index in [0.717, 1.165) is 12.2 Å². The number of rotatable bonds is 3. The molecule has 0 radical (unpaired) electrons. The molecule has 0 aliphatic heterocycles. The molecule has 1 N–H and O–H groups in total. The number of nitrogens with zero attached hydrogens (tertiary/aromatic N) is 1. The van der Waals surface area contributed by atoms with Gasteiger partial charge in [0.25, 0.3) is 0 Å². The lowest BCUT2D eigenvalue weighted by Gasteiger charge is -2.11. The molecule has 2 rings (SSSR count). The topological polar surface area (TPSA) is 28.7 Å². The highest BCUT2D eigenvalue weighted by atomic mass is 14.9. The summed E-state index contributed by atoms with van der Waals surface area (Å²) in [5, 5.41) is 0. The van der Waals surface area contributed by atoms with Crippen molar-refractivity contribution >= 4 is 0 Å². The van der Waals surface area contributed by atoms with E-state index in [1.54, 1.807) is 6.20 Å². The molecule has 0 spiro atoms. The van der Waals surface area contributed by atoms with Crippen LogP contribution in [0.4, 0.5) is 0 Å². The second-order valence-corrected chi connectivity index (χ2v) is 3.35. The summed E-state index contributed by atoms with van der Waals surface area (Å²) in [5.41, 5.74) is 1.32. The SMILES string of the molecule is CCC(c1ccccc1)c1ncc[nH]1. The fourth-order valence-electron chi connectivity index (χ4n) is 1.74. The van der Waals surface area contributed by atoms with Gasteiger partial charge in [0.2, 0.25) is 0 Å². The molecular formula is C12H14N2. The van der Waals surface area contributed by atoms with Crippen molar-refractivity contribution in [1.29, 1.82) is 0 Å². The van der Waals surface area contributed by atoms with E-state index in [9.17, 15) is 0 Å². The van der Waals surface area contributed by atoms with Gasteiger partial charge in [-0.3, -0.25) is 0 Å². The fraction of sp³-hybridized carbons (Fsp3) is 0.250. The maximum absolute atomic E-state index is 4.31. The Hall–Kier alpha value is -1.57. The Bertz CT molecular complexity index is 364. The van der Waals surface area contributed by atoms with Gasteiger partial charge in [-0.1, -0.05) is 37.3 Å². The maximum atomic E-state index is 4.31. The van der Waals surface area contributed by atoms with Crippen LogP contribution in [0.2, 0.25) is 0 Å². The summed E-state index contributed by atoms with van der Waals surface area (Å²) < 4.78 is 0. The van der Waals surface area contributed by atoms with Crippen LogP contribution in [0.25, 0.3) is 0 Å². The molecule has 1 aromatic carbocycles. The smallest absolute Gasteiger partial charge is 0.113 e. The van der Waals surface area contributed by atoms with Crippen LogP contribution in [0, 0.1) is 0 Å². The molecule has 72 valence electrons. The number of hydrogen-bond acceptors (Lipinski definition) is 1. The zero-order chi connectivity index (χ0) is 9.80. The van der Waals surface area contributed by atoms with Crippen molar-refractivity contribution in [3.05, 3.63) is 54.1 Å². The van der Waals surface area contributed by atoms with Gasteiger partial charge >= 0.3 is 0 Å². The minimum absolute atomic E-state index is 0.395. The molecule has 0 amide bonds. The van der Waals surface area contributed by atoms with Crippen LogP contribution in [0.15, 0.2) is 42.7 Å². The number of imidazole rings is 1. The van der Waals surface area contributed by atoms with E-state index < -0.39 is 0 Å². The Balaban J connectivity index is 2.31. The van der Waals surface area contributed by atoms with Gasteiger partial charge in [-0.05, 0) is 12.0 Å². The van der Waals surface area contributed by atoms with Crippen molar-refractivity contribution < 1.29 is 0 Å². The predicted molar refractivity (Wildman–Crippen MR) is 57.2 cm³/mol. The Labute approximate surface area is 84.0 Å². The van der Waals surface area contributed by atoms with Gasteiger partial charge in [0, 0.05) is 18.3 Å². The highest BCUT2D eigenvalue weighted by molar-refractivity contribution is 5.25. The first-order valence-corrected chi connectivity index (χ1v) is 4.96. The second kappa shape index (κ2) is 4.09. The van der Waals surface area contributed by atoms with Crippen molar-refractivity contribution in [2.75, 3.05) is 0 Å². The predicted octanol–water partition coefficient (Wildman–Crippen LogP) is 2.95. The Morgan fingerprint density at radius 1 is 1.29 bits per heavy atom. The molecule has 2 aromatic rings. The van der Waals surface area contributed by atoms with E-state index in [4.69, 9.17) is 0 Å². The molecule has 1 unspecified atom stereocenters. The summed E-state index contributed by atoms with van der Waals surface area (Å²) in [5.74, 6) is 1.45. The molecule has 0 aliphatic carbocycles. The van der Waals surface area contributed by atoms with Gasteiger partial charge in [-0.15, -0.1) is 0 Å². The quantitative estimate of drug-likeness (QED) is 0.784. The van der Waals surface area contributed by atoms with Crippen molar-refractivity contribution in [3.63, 3.8) is 0 Å². The minimum atomic E-state index is 0.395. The van der Waals surface area contributed by atoms with Gasteiger partial charge in [-0.2, -0.15) is 0 Å². The van der Waals surface area contributed by atoms with E-state index >= 15 is 0 Å². The van der Waals surface area contributed by atoms with Crippen LogP contribution in [0.5, 0.6) is 0 Å². The van der Waals surface area contributed by atoms with E-state index in [2.05, 4.69) is 41.2 Å². The van der Waals surface area contributed by atoms with Crippen molar-refractivity contribution in [2.24, 2.45) is 0 Å². The Morgan fingerprint density at radius 3 is 2.64 bits per heavy atom. The first-order chi connectivity index (χ1) is 6.92. The number of nitrogens with one attached hydrogen (secondary N) is 1. The zero-order valence-corrected chi connectivity index (χ0v) is 8.27. The van der Waals surface area contributed by atoms with Gasteiger partial charge < -0.3 is 4.98 Å². The zero-order valence-electron chi connectivity index (χ0n) is 8.27. The third kappa shape index (κ3) is 1.69. The van der Waals surface area contributed by atoms with Crippen molar-refractivity contribution in [2.45, 2.75) is 19.3 Å². The third-order valence-corrected chi connectivity index (χ3v) is 2.46. The molecule has 0 aliphatic rings. The number of hydrogen-bond donors (Lipinski definition) is 1. The van der Waals surface area contributed by atoms with Crippen LogP contribution in [0.3, 0.4) is 0 Å². The molecule has 1 atom stereocenters.